The second kappa shape index (κ2) is 6.39. The van der Waals surface area contributed by atoms with Crippen LogP contribution in [0.25, 0.3) is 6.08 Å². The largest absolute Gasteiger partial charge is 0.491 e. The molecule has 3 aliphatic heterocycles. The fourth-order valence-corrected chi connectivity index (χ4v) is 2.15. The number of hydrogen-bond acceptors (Lipinski definition) is 6. The maximum absolute atomic E-state index is 5.86. The van der Waals surface area contributed by atoms with E-state index in [9.17, 15) is 0 Å². The topological polar surface area (TPSA) is 65.3 Å². The Morgan fingerprint density at radius 3 is 1.70 bits per heavy atom. The number of epoxide rings is 3. The maximum atomic E-state index is 5.86. The molecule has 0 radical (unpaired) electrons. The van der Waals surface area contributed by atoms with Gasteiger partial charge >= 0.3 is 0 Å². The summed E-state index contributed by atoms with van der Waals surface area (Å²) in [6.07, 6.45) is 2.30. The Balaban J connectivity index is 1.52. The molecule has 0 aliphatic carbocycles. The number of ether oxygens (including phenoxy) is 6. The van der Waals surface area contributed by atoms with Gasteiger partial charge < -0.3 is 28.4 Å². The summed E-state index contributed by atoms with van der Waals surface area (Å²) in [5.74, 6) is 2.08. The average Bonchev–Trinajstić information content (AvgIpc) is 3.41. The zero-order chi connectivity index (χ0) is 15.6. The van der Waals surface area contributed by atoms with E-state index in [4.69, 9.17) is 28.4 Å². The van der Waals surface area contributed by atoms with Crippen molar-refractivity contribution in [3.05, 3.63) is 24.3 Å². The van der Waals surface area contributed by atoms with Crippen LogP contribution in [0.1, 0.15) is 5.56 Å². The highest BCUT2D eigenvalue weighted by Crippen LogP contribution is 2.36. The molecule has 1 aromatic rings. The number of hydrogen-bond donors (Lipinski definition) is 0. The van der Waals surface area contributed by atoms with Gasteiger partial charge in [0, 0.05) is 12.1 Å². The van der Waals surface area contributed by atoms with Gasteiger partial charge in [0.1, 0.15) is 55.4 Å². The first-order valence-electron chi connectivity index (χ1n) is 7.85. The number of benzene rings is 1. The Morgan fingerprint density at radius 1 is 0.870 bits per heavy atom. The summed E-state index contributed by atoms with van der Waals surface area (Å²) in [5, 5.41) is 0. The third-order valence-electron chi connectivity index (χ3n) is 3.77. The summed E-state index contributed by atoms with van der Waals surface area (Å²) >= 11 is 0. The molecule has 3 heterocycles. The van der Waals surface area contributed by atoms with Crippen molar-refractivity contribution in [1.82, 2.24) is 0 Å². The maximum Gasteiger partial charge on any atom is 0.134 e. The highest BCUT2D eigenvalue weighted by molar-refractivity contribution is 5.65. The molecule has 0 spiro atoms. The zero-order valence-electron chi connectivity index (χ0n) is 12.9. The third kappa shape index (κ3) is 4.16. The van der Waals surface area contributed by atoms with Crippen molar-refractivity contribution in [2.75, 3.05) is 39.6 Å². The van der Waals surface area contributed by atoms with Crippen molar-refractivity contribution in [3.8, 4) is 17.2 Å². The highest BCUT2D eigenvalue weighted by atomic mass is 16.6. The molecule has 0 aromatic heterocycles. The lowest BCUT2D eigenvalue weighted by Gasteiger charge is -2.16. The van der Waals surface area contributed by atoms with E-state index in [0.29, 0.717) is 37.1 Å². The van der Waals surface area contributed by atoms with Crippen LogP contribution in [0.2, 0.25) is 0 Å². The summed E-state index contributed by atoms with van der Waals surface area (Å²) in [4.78, 5) is 0. The van der Waals surface area contributed by atoms with Crippen molar-refractivity contribution in [2.45, 2.75) is 18.3 Å². The van der Waals surface area contributed by atoms with Gasteiger partial charge in [0.05, 0.1) is 25.4 Å². The molecule has 3 fully saturated rings. The fourth-order valence-electron chi connectivity index (χ4n) is 2.15. The number of rotatable bonds is 10. The molecular weight excluding hydrogens is 300 g/mol. The molecule has 0 bridgehead atoms. The van der Waals surface area contributed by atoms with Crippen LogP contribution in [0.4, 0.5) is 0 Å². The molecular formula is C17H20O6. The molecule has 0 saturated carbocycles. The van der Waals surface area contributed by atoms with Gasteiger partial charge in [-0.2, -0.15) is 0 Å². The van der Waals surface area contributed by atoms with Crippen LogP contribution < -0.4 is 14.2 Å². The summed E-state index contributed by atoms with van der Waals surface area (Å²) in [7, 11) is 0. The molecule has 3 atom stereocenters. The molecule has 1 aromatic carbocycles. The molecule has 3 saturated heterocycles. The van der Waals surface area contributed by atoms with Crippen molar-refractivity contribution in [1.29, 1.82) is 0 Å². The van der Waals surface area contributed by atoms with Crippen LogP contribution in [-0.4, -0.2) is 58.0 Å². The van der Waals surface area contributed by atoms with Gasteiger partial charge in [-0.15, -0.1) is 0 Å². The van der Waals surface area contributed by atoms with Gasteiger partial charge in [-0.05, 0) is 0 Å². The highest BCUT2D eigenvalue weighted by Gasteiger charge is 2.27. The van der Waals surface area contributed by atoms with Crippen molar-refractivity contribution < 1.29 is 28.4 Å². The summed E-state index contributed by atoms with van der Waals surface area (Å²) in [6, 6.07) is 3.73. The Morgan fingerprint density at radius 2 is 1.30 bits per heavy atom. The van der Waals surface area contributed by atoms with Crippen LogP contribution in [0.15, 0.2) is 18.7 Å². The van der Waals surface area contributed by atoms with E-state index < -0.39 is 0 Å². The first kappa shape index (κ1) is 14.8. The fraction of sp³-hybridized carbons (Fsp3) is 0.529. The van der Waals surface area contributed by atoms with Gasteiger partial charge in [-0.3, -0.25) is 0 Å². The second-order valence-electron chi connectivity index (χ2n) is 5.84. The Kier molecular flexibility index (Phi) is 4.11. The predicted octanol–water partition coefficient (Wildman–Crippen LogP) is 1.66. The summed E-state index contributed by atoms with van der Waals surface area (Å²) in [6.45, 7) is 7.69. The van der Waals surface area contributed by atoms with E-state index in [1.54, 1.807) is 6.08 Å². The monoisotopic (exact) mass is 320 g/mol. The Bertz CT molecular complexity index is 537. The standard InChI is InChI=1S/C17H20O6/c1-2-15-16(22-9-13-7-20-13)3-11(18-5-12-6-19-12)4-17(15)23-10-14-8-21-14/h2-4,12-14H,1,5-10H2. The molecule has 0 N–H and O–H groups in total. The normalized spacial score (nSPS) is 27.2. The quantitative estimate of drug-likeness (QED) is 0.611. The predicted molar refractivity (Wildman–Crippen MR) is 82.2 cm³/mol. The minimum absolute atomic E-state index is 0.182. The Labute approximate surface area is 134 Å². The third-order valence-corrected chi connectivity index (χ3v) is 3.77. The van der Waals surface area contributed by atoms with Crippen molar-refractivity contribution in [2.24, 2.45) is 0 Å². The molecule has 0 amide bonds. The summed E-state index contributed by atoms with van der Waals surface area (Å²) in [5.41, 5.74) is 0.821. The van der Waals surface area contributed by atoms with E-state index in [0.717, 1.165) is 25.4 Å². The molecule has 124 valence electrons. The van der Waals surface area contributed by atoms with Crippen molar-refractivity contribution >= 4 is 6.08 Å². The molecule has 3 unspecified atom stereocenters. The zero-order valence-corrected chi connectivity index (χ0v) is 12.9. The lowest BCUT2D eigenvalue weighted by Crippen LogP contribution is -2.10. The molecule has 6 nitrogen and oxygen atoms in total. The first-order valence-corrected chi connectivity index (χ1v) is 7.85. The van der Waals surface area contributed by atoms with Crippen LogP contribution in [0, 0.1) is 0 Å². The first-order chi connectivity index (χ1) is 11.3. The van der Waals surface area contributed by atoms with E-state index in [1.807, 2.05) is 12.1 Å². The van der Waals surface area contributed by atoms with Crippen molar-refractivity contribution in [3.63, 3.8) is 0 Å². The van der Waals surface area contributed by atoms with Crippen LogP contribution in [-0.2, 0) is 14.2 Å². The van der Waals surface area contributed by atoms with E-state index >= 15 is 0 Å². The van der Waals surface area contributed by atoms with Crippen LogP contribution in [0.3, 0.4) is 0 Å². The molecule has 3 aliphatic rings. The smallest absolute Gasteiger partial charge is 0.134 e. The molecule has 4 rings (SSSR count). The van der Waals surface area contributed by atoms with Gasteiger partial charge in [-0.1, -0.05) is 12.7 Å². The Hall–Kier alpha value is -1.76. The summed E-state index contributed by atoms with van der Waals surface area (Å²) < 4.78 is 33.1. The van der Waals surface area contributed by atoms with Gasteiger partial charge in [0.15, 0.2) is 0 Å². The minimum atomic E-state index is 0.182. The SMILES string of the molecule is C=Cc1c(OCC2CO2)cc(OCC2CO2)cc1OCC1CO1. The average molecular weight is 320 g/mol. The lowest BCUT2D eigenvalue weighted by molar-refractivity contribution is 0.241. The lowest BCUT2D eigenvalue weighted by atomic mass is 10.1. The van der Waals surface area contributed by atoms with E-state index in [2.05, 4.69) is 6.58 Å². The van der Waals surface area contributed by atoms with Crippen LogP contribution in [0.5, 0.6) is 17.2 Å². The van der Waals surface area contributed by atoms with Crippen LogP contribution >= 0.6 is 0 Å². The minimum Gasteiger partial charge on any atom is -0.491 e. The van der Waals surface area contributed by atoms with Gasteiger partial charge in [-0.25, -0.2) is 0 Å². The van der Waals surface area contributed by atoms with E-state index in [1.165, 1.54) is 0 Å². The second-order valence-corrected chi connectivity index (χ2v) is 5.84. The molecule has 6 heteroatoms. The van der Waals surface area contributed by atoms with Gasteiger partial charge in [0.2, 0.25) is 0 Å². The molecule has 23 heavy (non-hydrogen) atoms. The van der Waals surface area contributed by atoms with Gasteiger partial charge in [0.25, 0.3) is 0 Å². The van der Waals surface area contributed by atoms with E-state index in [-0.39, 0.29) is 18.3 Å².